The minimum Gasteiger partial charge on any atom is -0.399 e. The second kappa shape index (κ2) is 6.63. The third-order valence-electron chi connectivity index (χ3n) is 2.32. The molecule has 1 aromatic carbocycles. The Morgan fingerprint density at radius 3 is 2.44 bits per heavy atom. The van der Waals surface area contributed by atoms with Crippen LogP contribution in [0.15, 0.2) is 18.2 Å². The summed E-state index contributed by atoms with van der Waals surface area (Å²) < 4.78 is 13.5. The summed E-state index contributed by atoms with van der Waals surface area (Å²) in [6.07, 6.45) is 0. The summed E-state index contributed by atoms with van der Waals surface area (Å²) in [5.74, 6) is 1.94. The minimum atomic E-state index is -0.211. The molecule has 1 heterocycles. The molecule has 1 aliphatic rings. The van der Waals surface area contributed by atoms with Crippen LogP contribution in [0.5, 0.6) is 0 Å². The Hall–Kier alpha value is -0.900. The van der Waals surface area contributed by atoms with Gasteiger partial charge in [0.1, 0.15) is 5.82 Å². The molecule has 1 aliphatic heterocycles. The highest BCUT2D eigenvalue weighted by Gasteiger charge is 2.14. The molecule has 16 heavy (non-hydrogen) atoms. The van der Waals surface area contributed by atoms with E-state index in [9.17, 15) is 4.39 Å². The van der Waals surface area contributed by atoms with E-state index in [0.29, 0.717) is 11.4 Å². The number of thioether (sulfide) groups is 1. The summed E-state index contributed by atoms with van der Waals surface area (Å²) in [6.45, 7) is 5.84. The molecule has 1 aromatic rings. The van der Waals surface area contributed by atoms with Crippen LogP contribution in [0.4, 0.5) is 15.8 Å². The predicted octanol–water partition coefficient (Wildman–Crippen LogP) is 2.99. The molecule has 0 saturated carbocycles. The zero-order valence-electron chi connectivity index (χ0n) is 9.87. The van der Waals surface area contributed by atoms with Crippen LogP contribution in [-0.4, -0.2) is 24.6 Å². The number of benzene rings is 1. The maximum Gasteiger partial charge on any atom is 0.148 e. The highest BCUT2D eigenvalue weighted by atomic mass is 32.2. The number of nitrogens with two attached hydrogens (primary N) is 1. The van der Waals surface area contributed by atoms with Crippen LogP contribution in [0.3, 0.4) is 0 Å². The lowest BCUT2D eigenvalue weighted by atomic mass is 10.2. The summed E-state index contributed by atoms with van der Waals surface area (Å²) in [5.41, 5.74) is 6.66. The largest absolute Gasteiger partial charge is 0.399 e. The summed E-state index contributed by atoms with van der Waals surface area (Å²) in [6, 6.07) is 4.90. The second-order valence-corrected chi connectivity index (χ2v) is 4.54. The van der Waals surface area contributed by atoms with Gasteiger partial charge >= 0.3 is 0 Å². The smallest absolute Gasteiger partial charge is 0.148 e. The van der Waals surface area contributed by atoms with Crippen molar-refractivity contribution in [2.45, 2.75) is 13.8 Å². The van der Waals surface area contributed by atoms with E-state index in [1.807, 2.05) is 25.6 Å². The van der Waals surface area contributed by atoms with Gasteiger partial charge in [-0.25, -0.2) is 4.39 Å². The van der Waals surface area contributed by atoms with E-state index >= 15 is 0 Å². The number of halogens is 1. The molecule has 0 aliphatic carbocycles. The van der Waals surface area contributed by atoms with Crippen LogP contribution < -0.4 is 10.6 Å². The average Bonchev–Trinajstić information content (AvgIpc) is 2.33. The molecule has 2 N–H and O–H groups in total. The van der Waals surface area contributed by atoms with E-state index in [2.05, 4.69) is 4.90 Å². The van der Waals surface area contributed by atoms with Gasteiger partial charge in [0.15, 0.2) is 0 Å². The van der Waals surface area contributed by atoms with Crippen LogP contribution in [0, 0.1) is 5.82 Å². The molecule has 0 unspecified atom stereocenters. The third kappa shape index (κ3) is 3.30. The molecule has 0 bridgehead atoms. The van der Waals surface area contributed by atoms with E-state index in [1.54, 1.807) is 12.1 Å². The van der Waals surface area contributed by atoms with Gasteiger partial charge in [0.25, 0.3) is 0 Å². The van der Waals surface area contributed by atoms with Crippen LogP contribution in [0.25, 0.3) is 0 Å². The Bertz CT molecular complexity index is 325. The van der Waals surface area contributed by atoms with Crippen LogP contribution >= 0.6 is 11.8 Å². The lowest BCUT2D eigenvalue weighted by Gasteiger charge is -2.28. The van der Waals surface area contributed by atoms with Gasteiger partial charge < -0.3 is 10.6 Å². The predicted molar refractivity (Wildman–Crippen MR) is 71.7 cm³/mol. The Morgan fingerprint density at radius 1 is 1.25 bits per heavy atom. The Labute approximate surface area is 101 Å². The molecule has 1 saturated heterocycles. The first-order valence-electron chi connectivity index (χ1n) is 5.65. The van der Waals surface area contributed by atoms with Gasteiger partial charge in [0, 0.05) is 30.3 Å². The molecule has 2 nitrogen and oxygen atoms in total. The fraction of sp³-hybridized carbons (Fsp3) is 0.500. The van der Waals surface area contributed by atoms with Gasteiger partial charge in [-0.2, -0.15) is 11.8 Å². The highest BCUT2D eigenvalue weighted by Crippen LogP contribution is 2.24. The molecule has 2 rings (SSSR count). The Morgan fingerprint density at radius 2 is 1.88 bits per heavy atom. The number of rotatable bonds is 1. The SMILES string of the molecule is CC.Nc1ccc(N2CCSCC2)c(F)c1. The normalized spacial score (nSPS) is 15.3. The lowest BCUT2D eigenvalue weighted by molar-refractivity contribution is 0.620. The molecule has 90 valence electrons. The zero-order chi connectivity index (χ0) is 12.0. The number of nitrogen functional groups attached to an aromatic ring is 1. The number of nitrogens with zero attached hydrogens (tertiary/aromatic N) is 1. The van der Waals surface area contributed by atoms with Gasteiger partial charge in [0.2, 0.25) is 0 Å². The van der Waals surface area contributed by atoms with Crippen molar-refractivity contribution >= 4 is 23.1 Å². The molecular weight excluding hydrogens is 223 g/mol. The minimum absolute atomic E-state index is 0.211. The molecular formula is C12H19FN2S. The van der Waals surface area contributed by atoms with Crippen LogP contribution in [0.1, 0.15) is 13.8 Å². The van der Waals surface area contributed by atoms with Gasteiger partial charge in [-0.15, -0.1) is 0 Å². The second-order valence-electron chi connectivity index (χ2n) is 3.31. The molecule has 1 fully saturated rings. The number of anilines is 2. The van der Waals surface area contributed by atoms with Crippen molar-refractivity contribution in [3.05, 3.63) is 24.0 Å². The quantitative estimate of drug-likeness (QED) is 0.768. The highest BCUT2D eigenvalue weighted by molar-refractivity contribution is 7.99. The van der Waals surface area contributed by atoms with Crippen molar-refractivity contribution < 1.29 is 4.39 Å². The lowest BCUT2D eigenvalue weighted by Crippen LogP contribution is -2.33. The van der Waals surface area contributed by atoms with Crippen molar-refractivity contribution in [2.75, 3.05) is 35.2 Å². The van der Waals surface area contributed by atoms with Crippen LogP contribution in [-0.2, 0) is 0 Å². The maximum absolute atomic E-state index is 13.5. The fourth-order valence-corrected chi connectivity index (χ4v) is 2.49. The summed E-state index contributed by atoms with van der Waals surface area (Å²) in [5, 5.41) is 0. The van der Waals surface area contributed by atoms with E-state index in [-0.39, 0.29) is 5.82 Å². The zero-order valence-corrected chi connectivity index (χ0v) is 10.7. The monoisotopic (exact) mass is 242 g/mol. The Balaban J connectivity index is 0.000000606. The summed E-state index contributed by atoms with van der Waals surface area (Å²) in [7, 11) is 0. The molecule has 4 heteroatoms. The number of hydrogen-bond acceptors (Lipinski definition) is 3. The summed E-state index contributed by atoms with van der Waals surface area (Å²) >= 11 is 1.91. The van der Waals surface area contributed by atoms with Crippen molar-refractivity contribution in [2.24, 2.45) is 0 Å². The molecule has 0 amide bonds. The van der Waals surface area contributed by atoms with Crippen molar-refractivity contribution in [3.63, 3.8) is 0 Å². The molecule has 0 atom stereocenters. The first-order valence-corrected chi connectivity index (χ1v) is 6.80. The summed E-state index contributed by atoms with van der Waals surface area (Å²) in [4.78, 5) is 2.07. The van der Waals surface area contributed by atoms with E-state index in [1.165, 1.54) is 6.07 Å². The fourth-order valence-electron chi connectivity index (χ4n) is 1.58. The van der Waals surface area contributed by atoms with Crippen molar-refractivity contribution in [1.29, 1.82) is 0 Å². The van der Waals surface area contributed by atoms with Crippen LogP contribution in [0.2, 0.25) is 0 Å². The third-order valence-corrected chi connectivity index (χ3v) is 3.27. The first kappa shape index (κ1) is 13.2. The van der Waals surface area contributed by atoms with Crippen molar-refractivity contribution in [1.82, 2.24) is 0 Å². The molecule has 0 radical (unpaired) electrons. The van der Waals surface area contributed by atoms with Gasteiger partial charge in [-0.1, -0.05) is 13.8 Å². The maximum atomic E-state index is 13.5. The van der Waals surface area contributed by atoms with Gasteiger partial charge in [0.05, 0.1) is 5.69 Å². The van der Waals surface area contributed by atoms with Gasteiger partial charge in [-0.3, -0.25) is 0 Å². The standard InChI is InChI=1S/C10H13FN2S.C2H6/c11-9-7-8(12)1-2-10(9)13-3-5-14-6-4-13;1-2/h1-2,7H,3-6,12H2;1-2H3. The first-order chi connectivity index (χ1) is 7.77. The van der Waals surface area contributed by atoms with Crippen molar-refractivity contribution in [3.8, 4) is 0 Å². The average molecular weight is 242 g/mol. The Kier molecular flexibility index (Phi) is 5.46. The molecule has 0 spiro atoms. The van der Waals surface area contributed by atoms with E-state index in [4.69, 9.17) is 5.73 Å². The molecule has 0 aromatic heterocycles. The number of hydrogen-bond donors (Lipinski definition) is 1. The van der Waals surface area contributed by atoms with E-state index < -0.39 is 0 Å². The van der Waals surface area contributed by atoms with E-state index in [0.717, 1.165) is 24.6 Å². The van der Waals surface area contributed by atoms with Gasteiger partial charge in [-0.05, 0) is 18.2 Å². The topological polar surface area (TPSA) is 29.3 Å².